The monoisotopic (exact) mass is 459 g/mol. The standard InChI is InChI=1S/C24H29NO8/c1-6-32-24(28)25(11-9-17-7-8-20(29-3)23(13-17)31-5)12-10-18-14-19(27)22(30-4)15-21(18)33-16(2)26/h7-9,11,13-15,27H,6,10,12H2,1-5H3/b11-9+. The summed E-state index contributed by atoms with van der Waals surface area (Å²) in [6, 6.07) is 8.23. The molecule has 0 saturated heterocycles. The van der Waals surface area contributed by atoms with Crippen molar-refractivity contribution in [3.05, 3.63) is 47.7 Å². The largest absolute Gasteiger partial charge is 0.504 e. The van der Waals surface area contributed by atoms with Gasteiger partial charge in [0, 0.05) is 31.3 Å². The summed E-state index contributed by atoms with van der Waals surface area (Å²) >= 11 is 0. The van der Waals surface area contributed by atoms with Crippen LogP contribution in [0.15, 0.2) is 36.5 Å². The lowest BCUT2D eigenvalue weighted by Crippen LogP contribution is -2.28. The van der Waals surface area contributed by atoms with E-state index >= 15 is 0 Å². The minimum atomic E-state index is -0.541. The van der Waals surface area contributed by atoms with Gasteiger partial charge in [-0.05, 0) is 43.2 Å². The van der Waals surface area contributed by atoms with E-state index in [0.29, 0.717) is 17.1 Å². The van der Waals surface area contributed by atoms with Crippen molar-refractivity contribution in [3.8, 4) is 28.7 Å². The normalized spacial score (nSPS) is 10.6. The highest BCUT2D eigenvalue weighted by molar-refractivity contribution is 5.71. The second kappa shape index (κ2) is 12.2. The summed E-state index contributed by atoms with van der Waals surface area (Å²) in [5.41, 5.74) is 1.31. The van der Waals surface area contributed by atoms with Crippen molar-refractivity contribution in [2.75, 3.05) is 34.5 Å². The van der Waals surface area contributed by atoms with Crippen molar-refractivity contribution in [1.82, 2.24) is 4.90 Å². The molecule has 9 heteroatoms. The van der Waals surface area contributed by atoms with Gasteiger partial charge in [-0.25, -0.2) is 4.79 Å². The summed E-state index contributed by atoms with van der Waals surface area (Å²) in [5, 5.41) is 10.1. The molecule has 0 unspecified atom stereocenters. The van der Waals surface area contributed by atoms with Crippen molar-refractivity contribution < 1.29 is 38.4 Å². The first-order valence-corrected chi connectivity index (χ1v) is 10.2. The maximum atomic E-state index is 12.5. The number of benzene rings is 2. The fraction of sp³-hybridized carbons (Fsp3) is 0.333. The molecule has 1 amide bonds. The number of phenolic OH excluding ortho intramolecular Hbond substituents is 1. The Bertz CT molecular complexity index is 1000. The second-order valence-corrected chi connectivity index (χ2v) is 6.80. The molecule has 0 aromatic heterocycles. The Morgan fingerprint density at radius 2 is 1.67 bits per heavy atom. The van der Waals surface area contributed by atoms with Crippen molar-refractivity contribution in [2.45, 2.75) is 20.3 Å². The van der Waals surface area contributed by atoms with Crippen LogP contribution in [0.2, 0.25) is 0 Å². The van der Waals surface area contributed by atoms with Gasteiger partial charge < -0.3 is 28.8 Å². The number of hydrogen-bond donors (Lipinski definition) is 1. The molecule has 9 nitrogen and oxygen atoms in total. The third kappa shape index (κ3) is 7.06. The van der Waals surface area contributed by atoms with E-state index < -0.39 is 12.1 Å². The van der Waals surface area contributed by atoms with Crippen LogP contribution in [0.5, 0.6) is 28.7 Å². The average Bonchev–Trinajstić information content (AvgIpc) is 2.79. The van der Waals surface area contributed by atoms with Gasteiger partial charge in [-0.3, -0.25) is 9.69 Å². The van der Waals surface area contributed by atoms with E-state index in [1.807, 2.05) is 6.07 Å². The Hall–Kier alpha value is -3.88. The SMILES string of the molecule is CCOC(=O)N(/C=C/c1ccc(OC)c(OC)c1)CCc1cc(O)c(OC)cc1OC(C)=O. The van der Waals surface area contributed by atoms with E-state index in [-0.39, 0.29) is 36.8 Å². The highest BCUT2D eigenvalue weighted by Crippen LogP contribution is 2.34. The van der Waals surface area contributed by atoms with Crippen LogP contribution in [-0.2, 0) is 16.0 Å². The van der Waals surface area contributed by atoms with Crippen molar-refractivity contribution >= 4 is 18.1 Å². The molecule has 0 aliphatic heterocycles. The fourth-order valence-corrected chi connectivity index (χ4v) is 3.01. The van der Waals surface area contributed by atoms with Gasteiger partial charge in [0.2, 0.25) is 0 Å². The minimum absolute atomic E-state index is 0.105. The lowest BCUT2D eigenvalue weighted by atomic mass is 10.1. The van der Waals surface area contributed by atoms with Gasteiger partial charge in [-0.1, -0.05) is 6.07 Å². The molecule has 2 aromatic rings. The third-order valence-electron chi connectivity index (χ3n) is 4.59. The molecule has 0 aliphatic carbocycles. The van der Waals surface area contributed by atoms with Crippen LogP contribution in [0.1, 0.15) is 25.0 Å². The van der Waals surface area contributed by atoms with E-state index in [1.165, 1.54) is 31.1 Å². The van der Waals surface area contributed by atoms with Gasteiger partial charge in [0.25, 0.3) is 0 Å². The fourth-order valence-electron chi connectivity index (χ4n) is 3.01. The molecule has 2 aromatic carbocycles. The Morgan fingerprint density at radius 1 is 0.970 bits per heavy atom. The molecule has 0 atom stereocenters. The molecule has 0 heterocycles. The lowest BCUT2D eigenvalue weighted by Gasteiger charge is -2.19. The molecule has 0 saturated carbocycles. The molecule has 1 N–H and O–H groups in total. The zero-order valence-electron chi connectivity index (χ0n) is 19.4. The number of esters is 1. The first-order chi connectivity index (χ1) is 15.8. The average molecular weight is 459 g/mol. The maximum absolute atomic E-state index is 12.5. The van der Waals surface area contributed by atoms with Gasteiger partial charge in [0.1, 0.15) is 5.75 Å². The molecular formula is C24H29NO8. The van der Waals surface area contributed by atoms with Gasteiger partial charge in [-0.15, -0.1) is 0 Å². The second-order valence-electron chi connectivity index (χ2n) is 6.80. The molecule has 2 rings (SSSR count). The molecule has 0 spiro atoms. The molecule has 178 valence electrons. The van der Waals surface area contributed by atoms with Crippen LogP contribution in [0.3, 0.4) is 0 Å². The number of phenols is 1. The molecule has 0 fully saturated rings. The maximum Gasteiger partial charge on any atom is 0.413 e. The highest BCUT2D eigenvalue weighted by atomic mass is 16.6. The number of hydrogen-bond acceptors (Lipinski definition) is 8. The number of methoxy groups -OCH3 is 3. The van der Waals surface area contributed by atoms with Crippen molar-refractivity contribution in [3.63, 3.8) is 0 Å². The predicted octanol–water partition coefficient (Wildman–Crippen LogP) is 4.02. The summed E-state index contributed by atoms with van der Waals surface area (Å²) in [7, 11) is 4.49. The van der Waals surface area contributed by atoms with Crippen LogP contribution in [0.25, 0.3) is 6.08 Å². The number of aromatic hydroxyl groups is 1. The van der Waals surface area contributed by atoms with E-state index in [1.54, 1.807) is 45.6 Å². The van der Waals surface area contributed by atoms with E-state index in [0.717, 1.165) is 5.56 Å². The van der Waals surface area contributed by atoms with Crippen LogP contribution >= 0.6 is 0 Å². The van der Waals surface area contributed by atoms with Crippen LogP contribution in [0.4, 0.5) is 4.79 Å². The quantitative estimate of drug-likeness (QED) is 0.420. The van der Waals surface area contributed by atoms with Gasteiger partial charge in [-0.2, -0.15) is 0 Å². The molecule has 33 heavy (non-hydrogen) atoms. The number of carbonyl (C=O) groups excluding carboxylic acids is 2. The number of amides is 1. The van der Waals surface area contributed by atoms with Gasteiger partial charge in [0.05, 0.1) is 27.9 Å². The van der Waals surface area contributed by atoms with Crippen LogP contribution in [0, 0.1) is 0 Å². The molecule has 0 radical (unpaired) electrons. The van der Waals surface area contributed by atoms with Crippen molar-refractivity contribution in [1.29, 1.82) is 0 Å². The van der Waals surface area contributed by atoms with E-state index in [4.69, 9.17) is 23.7 Å². The number of nitrogens with zero attached hydrogens (tertiary/aromatic N) is 1. The molecule has 0 bridgehead atoms. The first-order valence-electron chi connectivity index (χ1n) is 10.2. The number of ether oxygens (including phenoxy) is 5. The third-order valence-corrected chi connectivity index (χ3v) is 4.59. The van der Waals surface area contributed by atoms with E-state index in [2.05, 4.69) is 0 Å². The van der Waals surface area contributed by atoms with Crippen LogP contribution in [-0.4, -0.2) is 56.6 Å². The topological polar surface area (TPSA) is 104 Å². The highest BCUT2D eigenvalue weighted by Gasteiger charge is 2.17. The number of rotatable bonds is 10. The zero-order valence-corrected chi connectivity index (χ0v) is 19.4. The Labute approximate surface area is 193 Å². The van der Waals surface area contributed by atoms with Crippen molar-refractivity contribution in [2.24, 2.45) is 0 Å². The zero-order chi connectivity index (χ0) is 24.4. The number of carbonyl (C=O) groups is 2. The summed E-state index contributed by atoms with van der Waals surface area (Å²) in [6.07, 6.45) is 3.06. The molecule has 0 aliphatic rings. The Morgan fingerprint density at radius 3 is 2.27 bits per heavy atom. The predicted molar refractivity (Wildman–Crippen MR) is 122 cm³/mol. The minimum Gasteiger partial charge on any atom is -0.504 e. The first kappa shape index (κ1) is 25.4. The van der Waals surface area contributed by atoms with E-state index in [9.17, 15) is 14.7 Å². The summed E-state index contributed by atoms with van der Waals surface area (Å²) in [4.78, 5) is 25.4. The summed E-state index contributed by atoms with van der Waals surface area (Å²) in [6.45, 7) is 3.40. The van der Waals surface area contributed by atoms with Gasteiger partial charge >= 0.3 is 12.1 Å². The lowest BCUT2D eigenvalue weighted by molar-refractivity contribution is -0.131. The summed E-state index contributed by atoms with van der Waals surface area (Å²) < 4.78 is 26.0. The van der Waals surface area contributed by atoms with Gasteiger partial charge in [0.15, 0.2) is 23.0 Å². The molecular weight excluding hydrogens is 430 g/mol. The van der Waals surface area contributed by atoms with Crippen LogP contribution < -0.4 is 18.9 Å². The Kier molecular flexibility index (Phi) is 9.41. The summed E-state index contributed by atoms with van der Waals surface area (Å²) in [5.74, 6) is 0.943. The smallest absolute Gasteiger partial charge is 0.413 e. The Balaban J connectivity index is 2.28.